The normalized spacial score (nSPS) is 11.8. The molecule has 0 radical (unpaired) electrons. The van der Waals surface area contributed by atoms with E-state index in [-0.39, 0.29) is 23.4 Å². The van der Waals surface area contributed by atoms with Crippen LogP contribution in [0.15, 0.2) is 23.1 Å². The van der Waals surface area contributed by atoms with E-state index in [4.69, 9.17) is 9.84 Å². The molecule has 0 unspecified atom stereocenters. The van der Waals surface area contributed by atoms with Crippen molar-refractivity contribution in [2.24, 2.45) is 0 Å². The molecule has 0 bridgehead atoms. The topological polar surface area (TPSA) is 80.7 Å². The number of sulfone groups is 1. The first kappa shape index (κ1) is 15.6. The number of rotatable bonds is 6. The van der Waals surface area contributed by atoms with Gasteiger partial charge in [0.2, 0.25) is 0 Å². The fourth-order valence-corrected chi connectivity index (χ4v) is 2.50. The third-order valence-corrected chi connectivity index (χ3v) is 4.01. The van der Waals surface area contributed by atoms with Crippen LogP contribution >= 0.6 is 0 Å². The van der Waals surface area contributed by atoms with E-state index in [1.165, 1.54) is 0 Å². The van der Waals surface area contributed by atoms with E-state index in [1.54, 1.807) is 13.8 Å². The minimum Gasteiger partial charge on any atom is -0.478 e. The van der Waals surface area contributed by atoms with Crippen LogP contribution in [0.25, 0.3) is 0 Å². The molecule has 106 valence electrons. The lowest BCUT2D eigenvalue weighted by atomic mass is 10.2. The Kier molecular flexibility index (Phi) is 5.02. The summed E-state index contributed by atoms with van der Waals surface area (Å²) in [6, 6.07) is 2.70. The van der Waals surface area contributed by atoms with Gasteiger partial charge in [-0.2, -0.15) is 0 Å². The second-order valence-corrected chi connectivity index (χ2v) is 6.29. The summed E-state index contributed by atoms with van der Waals surface area (Å²) in [4.78, 5) is 10.5. The Hall–Kier alpha value is -1.47. The van der Waals surface area contributed by atoms with Crippen LogP contribution in [0.5, 0.6) is 0 Å². The van der Waals surface area contributed by atoms with Gasteiger partial charge in [-0.05, 0) is 32.0 Å². The van der Waals surface area contributed by atoms with Gasteiger partial charge in [0.05, 0.1) is 28.9 Å². The van der Waals surface area contributed by atoms with E-state index in [0.29, 0.717) is 0 Å². The van der Waals surface area contributed by atoms with Crippen LogP contribution in [0.3, 0.4) is 0 Å². The van der Waals surface area contributed by atoms with Gasteiger partial charge in [-0.25, -0.2) is 17.6 Å². The van der Waals surface area contributed by atoms with Crippen molar-refractivity contribution in [2.45, 2.75) is 24.8 Å². The number of carboxylic acid groups (broad SMARTS) is 1. The van der Waals surface area contributed by atoms with Gasteiger partial charge in [-0.1, -0.05) is 0 Å². The van der Waals surface area contributed by atoms with Crippen molar-refractivity contribution in [1.29, 1.82) is 0 Å². The molecule has 0 amide bonds. The molecule has 19 heavy (non-hydrogen) atoms. The highest BCUT2D eigenvalue weighted by Gasteiger charge is 2.19. The van der Waals surface area contributed by atoms with E-state index in [9.17, 15) is 17.6 Å². The van der Waals surface area contributed by atoms with Crippen LogP contribution in [0.4, 0.5) is 4.39 Å². The van der Waals surface area contributed by atoms with Crippen LogP contribution < -0.4 is 0 Å². The summed E-state index contributed by atoms with van der Waals surface area (Å²) in [7, 11) is -3.68. The van der Waals surface area contributed by atoms with Gasteiger partial charge in [0.15, 0.2) is 9.84 Å². The van der Waals surface area contributed by atoms with Crippen LogP contribution in [0.2, 0.25) is 0 Å². The van der Waals surface area contributed by atoms with E-state index < -0.39 is 27.2 Å². The van der Waals surface area contributed by atoms with Crippen LogP contribution in [0.1, 0.15) is 24.2 Å². The molecule has 5 nitrogen and oxygen atoms in total. The largest absolute Gasteiger partial charge is 0.478 e. The molecule has 0 aliphatic carbocycles. The Morgan fingerprint density at radius 1 is 1.42 bits per heavy atom. The first-order valence-corrected chi connectivity index (χ1v) is 7.26. The van der Waals surface area contributed by atoms with Crippen LogP contribution in [0, 0.1) is 5.82 Å². The zero-order valence-corrected chi connectivity index (χ0v) is 11.4. The maximum absolute atomic E-state index is 13.2. The van der Waals surface area contributed by atoms with Gasteiger partial charge < -0.3 is 9.84 Å². The number of benzene rings is 1. The Labute approximate surface area is 110 Å². The molecule has 0 aliphatic rings. The predicted molar refractivity (Wildman–Crippen MR) is 66.5 cm³/mol. The van der Waals surface area contributed by atoms with Gasteiger partial charge in [0.1, 0.15) is 5.82 Å². The van der Waals surface area contributed by atoms with Gasteiger partial charge in [-0.15, -0.1) is 0 Å². The van der Waals surface area contributed by atoms with Crippen LogP contribution in [-0.2, 0) is 14.6 Å². The van der Waals surface area contributed by atoms with Gasteiger partial charge in [-0.3, -0.25) is 0 Å². The van der Waals surface area contributed by atoms with Gasteiger partial charge in [0, 0.05) is 0 Å². The quantitative estimate of drug-likeness (QED) is 0.807. The Morgan fingerprint density at radius 2 is 2.05 bits per heavy atom. The number of carboxylic acids is 1. The van der Waals surface area contributed by atoms with E-state index in [2.05, 4.69) is 0 Å². The molecule has 0 aromatic heterocycles. The number of carbonyl (C=O) groups is 1. The van der Waals surface area contributed by atoms with Crippen LogP contribution in [-0.4, -0.2) is 38.0 Å². The van der Waals surface area contributed by atoms with Crippen molar-refractivity contribution in [2.75, 3.05) is 12.4 Å². The molecule has 1 rings (SSSR count). The number of ether oxygens (including phenoxy) is 1. The summed E-state index contributed by atoms with van der Waals surface area (Å²) >= 11 is 0. The summed E-state index contributed by atoms with van der Waals surface area (Å²) in [5, 5.41) is 8.75. The molecule has 1 aromatic carbocycles. The highest BCUT2D eigenvalue weighted by Crippen LogP contribution is 2.16. The molecule has 0 fully saturated rings. The zero-order valence-electron chi connectivity index (χ0n) is 10.6. The number of hydrogen-bond donors (Lipinski definition) is 1. The molecule has 0 saturated heterocycles. The smallest absolute Gasteiger partial charge is 0.338 e. The lowest BCUT2D eigenvalue weighted by Gasteiger charge is -2.09. The van der Waals surface area contributed by atoms with Crippen molar-refractivity contribution in [3.63, 3.8) is 0 Å². The van der Waals surface area contributed by atoms with E-state index in [1.807, 2.05) is 0 Å². The third kappa shape index (κ3) is 4.29. The molecule has 0 spiro atoms. The molecule has 0 aliphatic heterocycles. The predicted octanol–water partition coefficient (Wildman–Crippen LogP) is 1.72. The van der Waals surface area contributed by atoms with E-state index in [0.717, 1.165) is 18.2 Å². The summed E-state index contributed by atoms with van der Waals surface area (Å²) in [5.74, 6) is -2.76. The molecular formula is C12H15FO5S. The SMILES string of the molecule is CC(C)OCCS(=O)(=O)c1ccc(F)c(C(=O)O)c1. The van der Waals surface area contributed by atoms with Gasteiger partial charge in [0.25, 0.3) is 0 Å². The first-order chi connectivity index (χ1) is 8.74. The second kappa shape index (κ2) is 6.12. The fourth-order valence-electron chi connectivity index (χ4n) is 1.37. The van der Waals surface area contributed by atoms with Gasteiger partial charge >= 0.3 is 5.97 Å². The summed E-state index contributed by atoms with van der Waals surface area (Å²) in [6.07, 6.45) is -0.0991. The second-order valence-electron chi connectivity index (χ2n) is 4.19. The average Bonchev–Trinajstić information content (AvgIpc) is 2.27. The monoisotopic (exact) mass is 290 g/mol. The maximum atomic E-state index is 13.2. The highest BCUT2D eigenvalue weighted by molar-refractivity contribution is 7.91. The minimum absolute atomic E-state index is 0.000217. The Morgan fingerprint density at radius 3 is 2.58 bits per heavy atom. The van der Waals surface area contributed by atoms with Crippen molar-refractivity contribution in [1.82, 2.24) is 0 Å². The third-order valence-electron chi connectivity index (χ3n) is 2.33. The highest BCUT2D eigenvalue weighted by atomic mass is 32.2. The molecular weight excluding hydrogens is 275 g/mol. The molecule has 0 heterocycles. The molecule has 7 heteroatoms. The van der Waals surface area contributed by atoms with Crippen molar-refractivity contribution < 1.29 is 27.4 Å². The van der Waals surface area contributed by atoms with E-state index >= 15 is 0 Å². The lowest BCUT2D eigenvalue weighted by Crippen LogP contribution is -2.16. The zero-order chi connectivity index (χ0) is 14.6. The maximum Gasteiger partial charge on any atom is 0.338 e. The standard InChI is InChI=1S/C12H15FO5S/c1-8(2)18-5-6-19(16,17)9-3-4-11(13)10(7-9)12(14)15/h3-4,7-8H,5-6H2,1-2H3,(H,14,15). The number of halogens is 1. The summed E-state index contributed by atoms with van der Waals surface area (Å²) in [5.41, 5.74) is -0.661. The molecule has 1 aromatic rings. The lowest BCUT2D eigenvalue weighted by molar-refractivity contribution is 0.0691. The number of aromatic carboxylic acids is 1. The summed E-state index contributed by atoms with van der Waals surface area (Å²) < 4.78 is 42.1. The molecule has 0 atom stereocenters. The minimum atomic E-state index is -3.68. The number of hydrogen-bond acceptors (Lipinski definition) is 4. The Bertz CT molecular complexity index is 565. The van der Waals surface area contributed by atoms with Crippen molar-refractivity contribution in [3.8, 4) is 0 Å². The summed E-state index contributed by atoms with van der Waals surface area (Å²) in [6.45, 7) is 3.54. The van der Waals surface area contributed by atoms with Crippen molar-refractivity contribution in [3.05, 3.63) is 29.6 Å². The van der Waals surface area contributed by atoms with Crippen molar-refractivity contribution >= 4 is 15.8 Å². The fraction of sp³-hybridized carbons (Fsp3) is 0.417. The first-order valence-electron chi connectivity index (χ1n) is 5.61. The average molecular weight is 290 g/mol. The Balaban J connectivity index is 2.96. The molecule has 1 N–H and O–H groups in total. The molecule has 0 saturated carbocycles.